The fourth-order valence-electron chi connectivity index (χ4n) is 4.99. The molecule has 2 aromatic carbocycles. The number of carboxylic acids is 1. The average Bonchev–Trinajstić information content (AvgIpc) is 3.02. The lowest BCUT2D eigenvalue weighted by atomic mass is 10.1. The minimum absolute atomic E-state index is 0.0190. The van der Waals surface area contributed by atoms with Gasteiger partial charge in [-0.1, -0.05) is 12.1 Å². The van der Waals surface area contributed by atoms with Crippen LogP contribution in [0.25, 0.3) is 16.7 Å². The highest BCUT2D eigenvalue weighted by atomic mass is 16.5. The smallest absolute Gasteiger partial charge is 0.335 e. The quantitative estimate of drug-likeness (QED) is 0.222. The van der Waals surface area contributed by atoms with Crippen LogP contribution in [0.3, 0.4) is 0 Å². The number of carbonyl (C=O) groups excluding carboxylic acids is 1. The molecule has 0 spiro atoms. The van der Waals surface area contributed by atoms with E-state index in [4.69, 9.17) is 24.9 Å². The summed E-state index contributed by atoms with van der Waals surface area (Å²) in [6.45, 7) is 6.97. The van der Waals surface area contributed by atoms with Crippen molar-refractivity contribution in [3.05, 3.63) is 93.4 Å². The molecule has 0 radical (unpaired) electrons. The van der Waals surface area contributed by atoms with Gasteiger partial charge >= 0.3 is 5.97 Å². The summed E-state index contributed by atoms with van der Waals surface area (Å²) in [6.07, 6.45) is 0. The Kier molecular flexibility index (Phi) is 9.40. The molecule has 3 N–H and O–H groups in total. The van der Waals surface area contributed by atoms with Gasteiger partial charge in [0.05, 0.1) is 36.8 Å². The summed E-state index contributed by atoms with van der Waals surface area (Å²) in [7, 11) is 0. The second kappa shape index (κ2) is 13.6. The maximum Gasteiger partial charge on any atom is 0.335 e. The Morgan fingerprint density at radius 2 is 1.60 bits per heavy atom. The van der Waals surface area contributed by atoms with Crippen LogP contribution in [0, 0.1) is 6.92 Å². The maximum atomic E-state index is 13.1. The molecular weight excluding hydrogens is 552 g/mol. The molecule has 1 aliphatic heterocycles. The number of anilines is 1. The standard InChI is InChI=1S/C31H34N6O6/c1-21-26-10-11-27(39)37(28(26)34-31(33-21)36-14-12-35(13-15-36)16-18-43-19-17-38)25-8-6-23(7-9-25)29(40)32-20-22-2-4-24(5-3-22)30(41)42/h2-11,38H,12-20H2,1H3,(H,32,40)(H,41,42). The van der Waals surface area contributed by atoms with Gasteiger partial charge in [0.1, 0.15) is 0 Å². The molecule has 1 aliphatic rings. The van der Waals surface area contributed by atoms with E-state index in [0.717, 1.165) is 49.4 Å². The Bertz CT molecular complexity index is 1650. The van der Waals surface area contributed by atoms with Crippen molar-refractivity contribution >= 4 is 28.9 Å². The molecule has 43 heavy (non-hydrogen) atoms. The van der Waals surface area contributed by atoms with E-state index in [1.165, 1.54) is 22.8 Å². The van der Waals surface area contributed by atoms with Gasteiger partial charge in [-0.3, -0.25) is 19.1 Å². The van der Waals surface area contributed by atoms with Gasteiger partial charge in [0, 0.05) is 56.3 Å². The van der Waals surface area contributed by atoms with Crippen LogP contribution in [-0.2, 0) is 11.3 Å². The van der Waals surface area contributed by atoms with Crippen molar-refractivity contribution in [2.24, 2.45) is 0 Å². The number of nitrogens with one attached hydrogen (secondary N) is 1. The zero-order valence-corrected chi connectivity index (χ0v) is 23.9. The lowest BCUT2D eigenvalue weighted by molar-refractivity contribution is 0.0696. The minimum Gasteiger partial charge on any atom is -0.478 e. The molecule has 0 unspecified atom stereocenters. The summed E-state index contributed by atoms with van der Waals surface area (Å²) in [5.41, 5.74) is 2.97. The highest BCUT2D eigenvalue weighted by Gasteiger charge is 2.21. The number of aliphatic hydroxyl groups excluding tert-OH is 1. The second-order valence-electron chi connectivity index (χ2n) is 10.2. The number of ether oxygens (including phenoxy) is 1. The SMILES string of the molecule is Cc1nc(N2CCN(CCOCCO)CC2)nc2c1ccc(=O)n2-c1ccc(C(=O)NCc2ccc(C(=O)O)cc2)cc1. The van der Waals surface area contributed by atoms with Crippen LogP contribution >= 0.6 is 0 Å². The van der Waals surface area contributed by atoms with E-state index in [0.29, 0.717) is 36.1 Å². The predicted molar refractivity (Wildman–Crippen MR) is 161 cm³/mol. The van der Waals surface area contributed by atoms with Crippen molar-refractivity contribution in [1.29, 1.82) is 0 Å². The molecule has 5 rings (SSSR count). The Labute approximate surface area is 248 Å². The van der Waals surface area contributed by atoms with Gasteiger partial charge in [-0.25, -0.2) is 9.78 Å². The third-order valence-corrected chi connectivity index (χ3v) is 7.41. The van der Waals surface area contributed by atoms with Gasteiger partial charge in [-0.15, -0.1) is 0 Å². The first-order valence-corrected chi connectivity index (χ1v) is 14.1. The molecule has 0 atom stereocenters. The van der Waals surface area contributed by atoms with Crippen LogP contribution in [0.5, 0.6) is 0 Å². The van der Waals surface area contributed by atoms with Gasteiger partial charge in [0.15, 0.2) is 5.65 Å². The molecule has 224 valence electrons. The lowest BCUT2D eigenvalue weighted by Gasteiger charge is -2.34. The molecular formula is C31H34N6O6. The Morgan fingerprint density at radius 3 is 2.28 bits per heavy atom. The van der Waals surface area contributed by atoms with E-state index in [1.54, 1.807) is 42.5 Å². The molecule has 1 saturated heterocycles. The van der Waals surface area contributed by atoms with Crippen molar-refractivity contribution in [1.82, 2.24) is 24.8 Å². The number of pyridine rings is 1. The number of rotatable bonds is 11. The summed E-state index contributed by atoms with van der Waals surface area (Å²) in [4.78, 5) is 50.9. The number of piperazine rings is 1. The minimum atomic E-state index is -1.00. The highest BCUT2D eigenvalue weighted by molar-refractivity contribution is 5.94. The number of carboxylic acid groups (broad SMARTS) is 1. The molecule has 1 amide bonds. The first-order valence-electron chi connectivity index (χ1n) is 14.1. The molecule has 12 nitrogen and oxygen atoms in total. The van der Waals surface area contributed by atoms with Crippen molar-refractivity contribution in [3.63, 3.8) is 0 Å². The number of aromatic nitrogens is 3. The third kappa shape index (κ3) is 7.05. The number of aliphatic hydroxyl groups is 1. The average molecular weight is 587 g/mol. The van der Waals surface area contributed by atoms with Crippen molar-refractivity contribution in [3.8, 4) is 5.69 Å². The molecule has 12 heteroatoms. The van der Waals surface area contributed by atoms with Gasteiger partial charge in [-0.05, 0) is 55.0 Å². The normalized spacial score (nSPS) is 13.8. The monoisotopic (exact) mass is 586 g/mol. The van der Waals surface area contributed by atoms with Crippen LogP contribution in [-0.4, -0.2) is 94.1 Å². The number of hydrogen-bond acceptors (Lipinski definition) is 9. The molecule has 1 fully saturated rings. The molecule has 2 aromatic heterocycles. The van der Waals surface area contributed by atoms with Crippen LogP contribution in [0.1, 0.15) is 32.0 Å². The van der Waals surface area contributed by atoms with Gasteiger partial charge in [0.2, 0.25) is 5.95 Å². The predicted octanol–water partition coefficient (Wildman–Crippen LogP) is 1.85. The molecule has 0 aliphatic carbocycles. The number of benzene rings is 2. The summed E-state index contributed by atoms with van der Waals surface area (Å²) in [6, 6.07) is 16.3. The van der Waals surface area contributed by atoms with E-state index in [1.807, 2.05) is 6.92 Å². The van der Waals surface area contributed by atoms with E-state index >= 15 is 0 Å². The topological polar surface area (TPSA) is 150 Å². The van der Waals surface area contributed by atoms with Crippen molar-refractivity contribution in [2.75, 3.05) is 57.4 Å². The number of carbonyl (C=O) groups is 2. The van der Waals surface area contributed by atoms with Crippen LogP contribution in [0.4, 0.5) is 5.95 Å². The first kappa shape index (κ1) is 29.8. The number of nitrogens with zero attached hydrogens (tertiary/aromatic N) is 5. The number of amides is 1. The van der Waals surface area contributed by atoms with Crippen LogP contribution in [0.15, 0.2) is 65.5 Å². The van der Waals surface area contributed by atoms with E-state index < -0.39 is 5.97 Å². The van der Waals surface area contributed by atoms with Crippen molar-refractivity contribution in [2.45, 2.75) is 13.5 Å². The molecule has 4 aromatic rings. The maximum absolute atomic E-state index is 13.1. The third-order valence-electron chi connectivity index (χ3n) is 7.41. The number of aryl methyl sites for hydroxylation is 1. The largest absolute Gasteiger partial charge is 0.478 e. The molecule has 0 saturated carbocycles. The Balaban J connectivity index is 1.31. The highest BCUT2D eigenvalue weighted by Crippen LogP contribution is 2.22. The van der Waals surface area contributed by atoms with Crippen molar-refractivity contribution < 1.29 is 24.5 Å². The molecule has 3 heterocycles. The zero-order chi connectivity index (χ0) is 30.3. The summed E-state index contributed by atoms with van der Waals surface area (Å²) >= 11 is 0. The molecule has 0 bridgehead atoms. The van der Waals surface area contributed by atoms with E-state index in [2.05, 4.69) is 15.1 Å². The van der Waals surface area contributed by atoms with Gasteiger partial charge in [-0.2, -0.15) is 4.98 Å². The fourth-order valence-corrected chi connectivity index (χ4v) is 4.99. The van der Waals surface area contributed by atoms with E-state index in [-0.39, 0.29) is 30.2 Å². The summed E-state index contributed by atoms with van der Waals surface area (Å²) < 4.78 is 6.92. The lowest BCUT2D eigenvalue weighted by Crippen LogP contribution is -2.48. The van der Waals surface area contributed by atoms with E-state index in [9.17, 15) is 14.4 Å². The zero-order valence-electron chi connectivity index (χ0n) is 23.9. The number of fused-ring (bicyclic) bond motifs is 1. The number of hydrogen-bond donors (Lipinski definition) is 3. The van der Waals surface area contributed by atoms with Crippen LogP contribution in [0.2, 0.25) is 0 Å². The Morgan fingerprint density at radius 1 is 0.907 bits per heavy atom. The van der Waals surface area contributed by atoms with Gasteiger partial charge in [0.25, 0.3) is 11.5 Å². The Hall–Kier alpha value is -4.65. The number of aromatic carboxylic acids is 1. The first-order chi connectivity index (χ1) is 20.8. The summed E-state index contributed by atoms with van der Waals surface area (Å²) in [5.74, 6) is -0.735. The summed E-state index contributed by atoms with van der Waals surface area (Å²) in [5, 5.41) is 21.5. The second-order valence-corrected chi connectivity index (χ2v) is 10.2. The fraction of sp³-hybridized carbons (Fsp3) is 0.323. The van der Waals surface area contributed by atoms with Gasteiger partial charge < -0.3 is 25.2 Å². The van der Waals surface area contributed by atoms with Crippen LogP contribution < -0.4 is 15.8 Å².